The number of amides is 1. The Labute approximate surface area is 109 Å². The zero-order valence-electron chi connectivity index (χ0n) is 11.0. The lowest BCUT2D eigenvalue weighted by Crippen LogP contribution is -2.26. The summed E-state index contributed by atoms with van der Waals surface area (Å²) >= 11 is 0. The van der Waals surface area contributed by atoms with Crippen molar-refractivity contribution < 1.29 is 4.79 Å². The smallest absolute Gasteiger partial charge is 0.222 e. The van der Waals surface area contributed by atoms with Crippen LogP contribution in [-0.2, 0) is 11.2 Å². The van der Waals surface area contributed by atoms with Crippen LogP contribution >= 0.6 is 0 Å². The Morgan fingerprint density at radius 3 is 2.83 bits per heavy atom. The minimum Gasteiger partial charge on any atom is -0.382 e. The summed E-state index contributed by atoms with van der Waals surface area (Å²) in [6.45, 7) is 3.00. The van der Waals surface area contributed by atoms with Crippen molar-refractivity contribution in [3.05, 3.63) is 29.8 Å². The molecule has 1 fully saturated rings. The molecule has 1 aliphatic heterocycles. The normalized spacial score (nSPS) is 20.1. The predicted octanol–water partition coefficient (Wildman–Crippen LogP) is 2.72. The number of hydrogen-bond donors (Lipinski definition) is 2. The van der Waals surface area contributed by atoms with Gasteiger partial charge in [-0.25, -0.2) is 0 Å². The third-order valence-corrected chi connectivity index (χ3v) is 3.35. The van der Waals surface area contributed by atoms with Gasteiger partial charge in [-0.05, 0) is 37.0 Å². The first-order valence-corrected chi connectivity index (χ1v) is 6.90. The molecule has 1 aromatic rings. The van der Waals surface area contributed by atoms with Gasteiger partial charge in [0.05, 0.1) is 0 Å². The van der Waals surface area contributed by atoms with Gasteiger partial charge in [-0.15, -0.1) is 0 Å². The second-order valence-electron chi connectivity index (χ2n) is 4.98. The van der Waals surface area contributed by atoms with Crippen molar-refractivity contribution in [2.24, 2.45) is 0 Å². The number of aryl methyl sites for hydroxylation is 1. The van der Waals surface area contributed by atoms with Crippen LogP contribution in [0, 0.1) is 0 Å². The lowest BCUT2D eigenvalue weighted by atomic mass is 10.1. The lowest BCUT2D eigenvalue weighted by Gasteiger charge is -2.16. The van der Waals surface area contributed by atoms with Crippen molar-refractivity contribution >= 4 is 11.6 Å². The maximum absolute atomic E-state index is 11.5. The summed E-state index contributed by atoms with van der Waals surface area (Å²) in [4.78, 5) is 11.5. The Morgan fingerprint density at radius 2 is 2.11 bits per heavy atom. The fourth-order valence-electron chi connectivity index (χ4n) is 2.39. The fourth-order valence-corrected chi connectivity index (χ4v) is 2.39. The third kappa shape index (κ3) is 3.76. The Bertz CT molecular complexity index is 386. The van der Waals surface area contributed by atoms with Crippen LogP contribution in [0.1, 0.15) is 38.2 Å². The Kier molecular flexibility index (Phi) is 4.62. The topological polar surface area (TPSA) is 41.1 Å². The molecule has 3 heteroatoms. The quantitative estimate of drug-likeness (QED) is 0.857. The highest BCUT2D eigenvalue weighted by Crippen LogP contribution is 2.16. The Morgan fingerprint density at radius 1 is 1.33 bits per heavy atom. The predicted molar refractivity (Wildman–Crippen MR) is 74.7 cm³/mol. The van der Waals surface area contributed by atoms with Gasteiger partial charge in [0.25, 0.3) is 0 Å². The van der Waals surface area contributed by atoms with Gasteiger partial charge in [0.2, 0.25) is 5.91 Å². The lowest BCUT2D eigenvalue weighted by molar-refractivity contribution is -0.120. The number of hydrogen-bond acceptors (Lipinski definition) is 2. The van der Waals surface area contributed by atoms with Crippen LogP contribution < -0.4 is 10.6 Å². The van der Waals surface area contributed by atoms with E-state index in [0.29, 0.717) is 6.42 Å². The summed E-state index contributed by atoms with van der Waals surface area (Å²) in [5, 5.41) is 6.37. The number of carbonyl (C=O) groups excluding carboxylic acids is 1. The van der Waals surface area contributed by atoms with Gasteiger partial charge >= 0.3 is 0 Å². The van der Waals surface area contributed by atoms with E-state index in [-0.39, 0.29) is 11.9 Å². The van der Waals surface area contributed by atoms with Gasteiger partial charge in [-0.3, -0.25) is 4.79 Å². The highest BCUT2D eigenvalue weighted by Gasteiger charge is 2.16. The molecule has 3 nitrogen and oxygen atoms in total. The van der Waals surface area contributed by atoms with E-state index < -0.39 is 0 Å². The molecule has 1 amide bonds. The molecule has 0 bridgehead atoms. The van der Waals surface area contributed by atoms with E-state index in [9.17, 15) is 4.79 Å². The largest absolute Gasteiger partial charge is 0.382 e. The van der Waals surface area contributed by atoms with E-state index in [4.69, 9.17) is 0 Å². The summed E-state index contributed by atoms with van der Waals surface area (Å²) in [5.74, 6) is 0.160. The molecule has 98 valence electrons. The first-order chi connectivity index (χ1) is 8.78. The second-order valence-corrected chi connectivity index (χ2v) is 4.98. The van der Waals surface area contributed by atoms with Gasteiger partial charge in [0, 0.05) is 24.7 Å². The molecule has 0 saturated carbocycles. The van der Waals surface area contributed by atoms with Crippen molar-refractivity contribution in [3.63, 3.8) is 0 Å². The van der Waals surface area contributed by atoms with Crippen molar-refractivity contribution in [2.45, 2.75) is 45.1 Å². The van der Waals surface area contributed by atoms with Crippen molar-refractivity contribution in [2.75, 3.05) is 11.9 Å². The summed E-state index contributed by atoms with van der Waals surface area (Å²) in [5.41, 5.74) is 2.50. The van der Waals surface area contributed by atoms with Crippen LogP contribution in [0.15, 0.2) is 24.3 Å². The highest BCUT2D eigenvalue weighted by molar-refractivity contribution is 5.77. The van der Waals surface area contributed by atoms with Crippen LogP contribution in [0.25, 0.3) is 0 Å². The number of benzene rings is 1. The van der Waals surface area contributed by atoms with Crippen LogP contribution in [0.3, 0.4) is 0 Å². The Balaban J connectivity index is 1.93. The number of nitrogens with one attached hydrogen (secondary N) is 2. The number of rotatable bonds is 4. The third-order valence-electron chi connectivity index (χ3n) is 3.35. The molecule has 2 rings (SSSR count). The molecule has 1 aliphatic rings. The second kappa shape index (κ2) is 6.43. The van der Waals surface area contributed by atoms with Crippen LogP contribution in [-0.4, -0.2) is 18.5 Å². The molecular formula is C15H22N2O. The molecule has 1 aromatic carbocycles. The zero-order chi connectivity index (χ0) is 12.8. The van der Waals surface area contributed by atoms with Gasteiger partial charge in [0.15, 0.2) is 0 Å². The summed E-state index contributed by atoms with van der Waals surface area (Å²) in [6, 6.07) is 8.84. The molecule has 1 heterocycles. The summed E-state index contributed by atoms with van der Waals surface area (Å²) in [6.07, 6.45) is 4.99. The van der Waals surface area contributed by atoms with E-state index in [1.54, 1.807) is 0 Å². The van der Waals surface area contributed by atoms with E-state index >= 15 is 0 Å². The van der Waals surface area contributed by atoms with Crippen molar-refractivity contribution in [1.82, 2.24) is 5.32 Å². The SMILES string of the molecule is CCCc1ccc(NC2CCCNC(=O)C2)cc1. The zero-order valence-corrected chi connectivity index (χ0v) is 11.0. The van der Waals surface area contributed by atoms with Crippen LogP contribution in [0.2, 0.25) is 0 Å². The number of carbonyl (C=O) groups is 1. The minimum atomic E-state index is 0.160. The molecular weight excluding hydrogens is 224 g/mol. The molecule has 0 radical (unpaired) electrons. The van der Waals surface area contributed by atoms with E-state index in [2.05, 4.69) is 41.8 Å². The van der Waals surface area contributed by atoms with Gasteiger partial charge in [-0.1, -0.05) is 25.5 Å². The Hall–Kier alpha value is -1.51. The first kappa shape index (κ1) is 12.9. The van der Waals surface area contributed by atoms with E-state index in [1.807, 2.05) is 0 Å². The standard InChI is InChI=1S/C15H22N2O/c1-2-4-12-6-8-13(9-7-12)17-14-5-3-10-16-15(18)11-14/h6-9,14,17H,2-5,10-11H2,1H3,(H,16,18). The summed E-state index contributed by atoms with van der Waals surface area (Å²) < 4.78 is 0. The molecule has 1 unspecified atom stereocenters. The van der Waals surface area contributed by atoms with Gasteiger partial charge in [-0.2, -0.15) is 0 Å². The van der Waals surface area contributed by atoms with E-state index in [0.717, 1.165) is 31.5 Å². The molecule has 0 aliphatic carbocycles. The van der Waals surface area contributed by atoms with E-state index in [1.165, 1.54) is 12.0 Å². The highest BCUT2D eigenvalue weighted by atomic mass is 16.1. The maximum atomic E-state index is 11.5. The maximum Gasteiger partial charge on any atom is 0.222 e. The minimum absolute atomic E-state index is 0.160. The van der Waals surface area contributed by atoms with Gasteiger partial charge in [0.1, 0.15) is 0 Å². The van der Waals surface area contributed by atoms with Crippen LogP contribution in [0.5, 0.6) is 0 Å². The molecule has 18 heavy (non-hydrogen) atoms. The average molecular weight is 246 g/mol. The van der Waals surface area contributed by atoms with Crippen molar-refractivity contribution in [3.8, 4) is 0 Å². The van der Waals surface area contributed by atoms with Crippen LogP contribution in [0.4, 0.5) is 5.69 Å². The van der Waals surface area contributed by atoms with Gasteiger partial charge < -0.3 is 10.6 Å². The molecule has 1 atom stereocenters. The molecule has 1 saturated heterocycles. The summed E-state index contributed by atoms with van der Waals surface area (Å²) in [7, 11) is 0. The fraction of sp³-hybridized carbons (Fsp3) is 0.533. The number of anilines is 1. The first-order valence-electron chi connectivity index (χ1n) is 6.90. The molecule has 0 spiro atoms. The van der Waals surface area contributed by atoms with Crippen molar-refractivity contribution in [1.29, 1.82) is 0 Å². The average Bonchev–Trinajstić information content (AvgIpc) is 2.56. The molecule has 2 N–H and O–H groups in total. The monoisotopic (exact) mass is 246 g/mol. The molecule has 0 aromatic heterocycles.